The molecule has 5 heteroatoms. The average Bonchev–Trinajstić information content (AvgIpc) is 2.57. The van der Waals surface area contributed by atoms with E-state index in [0.717, 1.165) is 36.1 Å². The zero-order valence-corrected chi connectivity index (χ0v) is 14.8. The number of carbonyl (C=O) groups excluding carboxylic acids is 1. The maximum absolute atomic E-state index is 12.1. The molecular formula is C19H27N3O2. The van der Waals surface area contributed by atoms with E-state index in [-0.39, 0.29) is 11.5 Å². The van der Waals surface area contributed by atoms with Crippen LogP contribution in [0.1, 0.15) is 31.4 Å². The average molecular weight is 329 g/mol. The van der Waals surface area contributed by atoms with Crippen LogP contribution in [-0.2, 0) is 11.2 Å². The summed E-state index contributed by atoms with van der Waals surface area (Å²) >= 11 is 0. The molecule has 0 fully saturated rings. The summed E-state index contributed by atoms with van der Waals surface area (Å²) in [4.78, 5) is 29.3. The van der Waals surface area contributed by atoms with Crippen LogP contribution < -0.4 is 10.9 Å². The molecule has 5 nitrogen and oxygen atoms in total. The highest BCUT2D eigenvalue weighted by Gasteiger charge is 2.07. The summed E-state index contributed by atoms with van der Waals surface area (Å²) in [6, 6.07) is 7.86. The van der Waals surface area contributed by atoms with Gasteiger partial charge in [-0.3, -0.25) is 9.59 Å². The highest BCUT2D eigenvalue weighted by molar-refractivity contribution is 5.80. The van der Waals surface area contributed by atoms with E-state index in [0.29, 0.717) is 24.9 Å². The number of amides is 1. The Morgan fingerprint density at radius 1 is 1.21 bits per heavy atom. The normalized spacial score (nSPS) is 11.2. The molecule has 0 bridgehead atoms. The van der Waals surface area contributed by atoms with Gasteiger partial charge in [-0.05, 0) is 49.5 Å². The lowest BCUT2D eigenvalue weighted by Crippen LogP contribution is -2.35. The molecule has 0 aliphatic carbocycles. The second-order valence-electron chi connectivity index (χ2n) is 6.09. The predicted octanol–water partition coefficient (Wildman–Crippen LogP) is 2.23. The lowest BCUT2D eigenvalue weighted by Gasteiger charge is -2.17. The molecule has 2 rings (SSSR count). The fourth-order valence-electron chi connectivity index (χ4n) is 2.78. The molecule has 0 aliphatic rings. The van der Waals surface area contributed by atoms with Crippen LogP contribution in [-0.4, -0.2) is 42.0 Å². The maximum Gasteiger partial charge on any atom is 0.251 e. The molecule has 1 aromatic heterocycles. The van der Waals surface area contributed by atoms with Gasteiger partial charge in [0.25, 0.3) is 5.56 Å². The first-order chi connectivity index (χ1) is 11.5. The number of nitrogens with zero attached hydrogens (tertiary/aromatic N) is 1. The molecule has 24 heavy (non-hydrogen) atoms. The standard InChI is InChI=1S/C19H27N3O2/c1-4-22(5-2)11-10-20-18(23)9-8-16-13-15-7-6-14(3)12-17(15)21-19(16)24/h6-7,12-13H,4-5,8-11H2,1-3H3,(H,20,23)(H,21,24). The van der Waals surface area contributed by atoms with E-state index in [2.05, 4.69) is 29.0 Å². The molecule has 0 unspecified atom stereocenters. The van der Waals surface area contributed by atoms with Crippen molar-refractivity contribution in [2.45, 2.75) is 33.6 Å². The number of aromatic amines is 1. The zero-order chi connectivity index (χ0) is 17.5. The fraction of sp³-hybridized carbons (Fsp3) is 0.474. The molecule has 2 aromatic rings. The van der Waals surface area contributed by atoms with Gasteiger partial charge in [-0.15, -0.1) is 0 Å². The van der Waals surface area contributed by atoms with Gasteiger partial charge in [-0.25, -0.2) is 0 Å². The Bertz CT molecular complexity index is 748. The molecule has 0 radical (unpaired) electrons. The molecule has 1 heterocycles. The largest absolute Gasteiger partial charge is 0.355 e. The lowest BCUT2D eigenvalue weighted by molar-refractivity contribution is -0.121. The van der Waals surface area contributed by atoms with Crippen LogP contribution in [0, 0.1) is 6.92 Å². The summed E-state index contributed by atoms with van der Waals surface area (Å²) in [5, 5.41) is 3.92. The Labute approximate surface area is 143 Å². The summed E-state index contributed by atoms with van der Waals surface area (Å²) in [5.41, 5.74) is 2.50. The molecule has 1 aromatic carbocycles. The first-order valence-corrected chi connectivity index (χ1v) is 8.65. The third-order valence-corrected chi connectivity index (χ3v) is 4.34. The number of aryl methyl sites for hydroxylation is 2. The SMILES string of the molecule is CCN(CC)CCNC(=O)CCc1cc2ccc(C)cc2[nH]c1=O. The number of hydrogen-bond donors (Lipinski definition) is 2. The lowest BCUT2D eigenvalue weighted by atomic mass is 10.1. The van der Waals surface area contributed by atoms with Crippen LogP contribution >= 0.6 is 0 Å². The van der Waals surface area contributed by atoms with Crippen LogP contribution in [0.2, 0.25) is 0 Å². The van der Waals surface area contributed by atoms with Gasteiger partial charge >= 0.3 is 0 Å². The Balaban J connectivity index is 1.91. The van der Waals surface area contributed by atoms with Crippen molar-refractivity contribution in [3.05, 3.63) is 45.7 Å². The number of pyridine rings is 1. The number of rotatable bonds is 8. The Hall–Kier alpha value is -2.14. The summed E-state index contributed by atoms with van der Waals surface area (Å²) in [6.07, 6.45) is 0.787. The van der Waals surface area contributed by atoms with Crippen molar-refractivity contribution in [1.82, 2.24) is 15.2 Å². The number of carbonyl (C=O) groups is 1. The molecule has 130 valence electrons. The van der Waals surface area contributed by atoms with Gasteiger partial charge in [0.05, 0.1) is 0 Å². The summed E-state index contributed by atoms with van der Waals surface area (Å²) < 4.78 is 0. The molecule has 0 aliphatic heterocycles. The Morgan fingerprint density at radius 2 is 1.96 bits per heavy atom. The van der Waals surface area contributed by atoms with E-state index in [1.807, 2.05) is 31.2 Å². The second-order valence-corrected chi connectivity index (χ2v) is 6.09. The number of H-pyrrole nitrogens is 1. The number of hydrogen-bond acceptors (Lipinski definition) is 3. The third kappa shape index (κ3) is 4.93. The van der Waals surface area contributed by atoms with E-state index in [1.54, 1.807) is 0 Å². The van der Waals surface area contributed by atoms with Gasteiger partial charge in [0, 0.05) is 30.6 Å². The van der Waals surface area contributed by atoms with Crippen molar-refractivity contribution in [2.24, 2.45) is 0 Å². The molecule has 0 spiro atoms. The van der Waals surface area contributed by atoms with Crippen molar-refractivity contribution in [3.8, 4) is 0 Å². The maximum atomic E-state index is 12.1. The first-order valence-electron chi connectivity index (χ1n) is 8.65. The Morgan fingerprint density at radius 3 is 2.67 bits per heavy atom. The molecule has 2 N–H and O–H groups in total. The van der Waals surface area contributed by atoms with E-state index in [9.17, 15) is 9.59 Å². The predicted molar refractivity (Wildman–Crippen MR) is 98.4 cm³/mol. The topological polar surface area (TPSA) is 65.2 Å². The van der Waals surface area contributed by atoms with Crippen molar-refractivity contribution in [2.75, 3.05) is 26.2 Å². The zero-order valence-electron chi connectivity index (χ0n) is 14.8. The van der Waals surface area contributed by atoms with Crippen LogP contribution in [0.5, 0.6) is 0 Å². The summed E-state index contributed by atoms with van der Waals surface area (Å²) in [5.74, 6) is -0.00874. The van der Waals surface area contributed by atoms with Crippen LogP contribution in [0.4, 0.5) is 0 Å². The second kappa shape index (κ2) is 8.64. The van der Waals surface area contributed by atoms with Crippen molar-refractivity contribution >= 4 is 16.8 Å². The molecule has 0 atom stereocenters. The van der Waals surface area contributed by atoms with Gasteiger partial charge in [0.15, 0.2) is 0 Å². The number of fused-ring (bicyclic) bond motifs is 1. The third-order valence-electron chi connectivity index (χ3n) is 4.34. The van der Waals surface area contributed by atoms with Crippen molar-refractivity contribution in [3.63, 3.8) is 0 Å². The monoisotopic (exact) mass is 329 g/mol. The number of aromatic nitrogens is 1. The van der Waals surface area contributed by atoms with Gasteiger partial charge in [-0.1, -0.05) is 26.0 Å². The highest BCUT2D eigenvalue weighted by atomic mass is 16.1. The molecule has 0 saturated carbocycles. The molecule has 0 saturated heterocycles. The van der Waals surface area contributed by atoms with Crippen LogP contribution in [0.25, 0.3) is 10.9 Å². The number of benzene rings is 1. The van der Waals surface area contributed by atoms with Gasteiger partial charge in [0.1, 0.15) is 0 Å². The molecule has 1 amide bonds. The minimum Gasteiger partial charge on any atom is -0.355 e. The smallest absolute Gasteiger partial charge is 0.251 e. The molecular weight excluding hydrogens is 302 g/mol. The van der Waals surface area contributed by atoms with Crippen LogP contribution in [0.3, 0.4) is 0 Å². The van der Waals surface area contributed by atoms with E-state index >= 15 is 0 Å². The van der Waals surface area contributed by atoms with Crippen molar-refractivity contribution < 1.29 is 4.79 Å². The van der Waals surface area contributed by atoms with E-state index in [4.69, 9.17) is 0 Å². The number of nitrogens with one attached hydrogen (secondary N) is 2. The summed E-state index contributed by atoms with van der Waals surface area (Å²) in [6.45, 7) is 9.69. The fourth-order valence-corrected chi connectivity index (χ4v) is 2.78. The van der Waals surface area contributed by atoms with Gasteiger partial charge in [-0.2, -0.15) is 0 Å². The highest BCUT2D eigenvalue weighted by Crippen LogP contribution is 2.13. The first kappa shape index (κ1) is 18.2. The number of likely N-dealkylation sites (N-methyl/N-ethyl adjacent to an activating group) is 1. The van der Waals surface area contributed by atoms with E-state index < -0.39 is 0 Å². The quantitative estimate of drug-likeness (QED) is 0.780. The minimum atomic E-state index is -0.107. The minimum absolute atomic E-state index is 0.00874. The van der Waals surface area contributed by atoms with Gasteiger partial charge in [0.2, 0.25) is 5.91 Å². The van der Waals surface area contributed by atoms with Gasteiger partial charge < -0.3 is 15.2 Å². The van der Waals surface area contributed by atoms with E-state index in [1.165, 1.54) is 0 Å². The van der Waals surface area contributed by atoms with Crippen molar-refractivity contribution in [1.29, 1.82) is 0 Å². The summed E-state index contributed by atoms with van der Waals surface area (Å²) in [7, 11) is 0. The van der Waals surface area contributed by atoms with Crippen LogP contribution in [0.15, 0.2) is 29.1 Å². The Kier molecular flexibility index (Phi) is 6.55.